The number of carbonyl (C=O) groups is 1. The Balaban J connectivity index is 2.42. The molecule has 0 aliphatic carbocycles. The zero-order valence-corrected chi connectivity index (χ0v) is 10.1. The van der Waals surface area contributed by atoms with Gasteiger partial charge in [-0.15, -0.1) is 0 Å². The topological polar surface area (TPSA) is 54.0 Å². The molecule has 0 fully saturated rings. The van der Waals surface area contributed by atoms with Crippen molar-refractivity contribution in [2.75, 3.05) is 13.6 Å². The molecular formula is C12H19N3O. The Hall–Kier alpha value is -1.42. The van der Waals surface area contributed by atoms with Crippen molar-refractivity contribution < 1.29 is 4.79 Å². The Morgan fingerprint density at radius 2 is 2.25 bits per heavy atom. The molecule has 4 nitrogen and oxygen atoms in total. The van der Waals surface area contributed by atoms with Crippen LogP contribution in [0.5, 0.6) is 0 Å². The molecule has 0 spiro atoms. The Morgan fingerprint density at radius 1 is 1.50 bits per heavy atom. The summed E-state index contributed by atoms with van der Waals surface area (Å²) < 4.78 is 0. The van der Waals surface area contributed by atoms with Crippen LogP contribution in [0.2, 0.25) is 0 Å². The third kappa shape index (κ3) is 3.98. The lowest BCUT2D eigenvalue weighted by molar-refractivity contribution is -0.124. The van der Waals surface area contributed by atoms with Gasteiger partial charge in [-0.25, -0.2) is 0 Å². The molecule has 1 aromatic heterocycles. The number of hydrogen-bond acceptors (Lipinski definition) is 3. The van der Waals surface area contributed by atoms with Crippen molar-refractivity contribution in [1.29, 1.82) is 0 Å². The van der Waals surface area contributed by atoms with E-state index >= 15 is 0 Å². The van der Waals surface area contributed by atoms with Crippen LogP contribution < -0.4 is 10.6 Å². The first-order chi connectivity index (χ1) is 7.63. The molecule has 1 aromatic rings. The summed E-state index contributed by atoms with van der Waals surface area (Å²) in [7, 11) is 1.84. The number of nitrogens with zero attached hydrogens (tertiary/aromatic N) is 1. The van der Waals surface area contributed by atoms with Gasteiger partial charge in [-0.3, -0.25) is 9.78 Å². The van der Waals surface area contributed by atoms with Crippen molar-refractivity contribution in [2.45, 2.75) is 20.4 Å². The van der Waals surface area contributed by atoms with E-state index in [1.165, 1.54) is 0 Å². The van der Waals surface area contributed by atoms with Crippen molar-refractivity contribution in [3.05, 3.63) is 29.6 Å². The van der Waals surface area contributed by atoms with Crippen molar-refractivity contribution in [2.24, 2.45) is 5.92 Å². The number of amides is 1. The van der Waals surface area contributed by atoms with Crippen LogP contribution in [-0.2, 0) is 11.3 Å². The van der Waals surface area contributed by atoms with Crippen molar-refractivity contribution >= 4 is 5.91 Å². The number of nitrogens with one attached hydrogen (secondary N) is 2. The van der Waals surface area contributed by atoms with Crippen LogP contribution in [0.3, 0.4) is 0 Å². The maximum absolute atomic E-state index is 11.6. The van der Waals surface area contributed by atoms with Crippen LogP contribution in [0.4, 0.5) is 0 Å². The molecule has 0 aromatic carbocycles. The van der Waals surface area contributed by atoms with Crippen molar-refractivity contribution in [3.8, 4) is 0 Å². The van der Waals surface area contributed by atoms with E-state index in [1.807, 2.05) is 39.1 Å². The van der Waals surface area contributed by atoms with E-state index < -0.39 is 0 Å². The number of aryl methyl sites for hydroxylation is 1. The Bertz CT molecular complexity index is 352. The Labute approximate surface area is 96.5 Å². The Kier molecular flexibility index (Phi) is 4.92. The van der Waals surface area contributed by atoms with Gasteiger partial charge >= 0.3 is 0 Å². The first-order valence-corrected chi connectivity index (χ1v) is 5.48. The normalized spacial score (nSPS) is 12.2. The SMILES string of the molecule is CNCC(C)C(=O)NCc1cccc(C)n1. The second-order valence-electron chi connectivity index (χ2n) is 3.95. The zero-order chi connectivity index (χ0) is 12.0. The number of pyridine rings is 1. The molecule has 0 saturated heterocycles. The van der Waals surface area contributed by atoms with Crippen molar-refractivity contribution in [1.82, 2.24) is 15.6 Å². The highest BCUT2D eigenvalue weighted by atomic mass is 16.1. The molecule has 16 heavy (non-hydrogen) atoms. The first kappa shape index (κ1) is 12.6. The van der Waals surface area contributed by atoms with Gasteiger partial charge in [-0.1, -0.05) is 13.0 Å². The molecule has 0 aliphatic heterocycles. The van der Waals surface area contributed by atoms with Gasteiger partial charge in [0.15, 0.2) is 0 Å². The molecule has 0 bridgehead atoms. The highest BCUT2D eigenvalue weighted by Crippen LogP contribution is 1.99. The summed E-state index contributed by atoms with van der Waals surface area (Å²) in [6.07, 6.45) is 0. The third-order valence-electron chi connectivity index (χ3n) is 2.35. The molecule has 0 radical (unpaired) electrons. The maximum Gasteiger partial charge on any atom is 0.224 e. The second kappa shape index (κ2) is 6.23. The van der Waals surface area contributed by atoms with Gasteiger partial charge in [0.1, 0.15) is 0 Å². The maximum atomic E-state index is 11.6. The lowest BCUT2D eigenvalue weighted by Crippen LogP contribution is -2.34. The van der Waals surface area contributed by atoms with Gasteiger partial charge in [0, 0.05) is 18.2 Å². The van der Waals surface area contributed by atoms with Crippen LogP contribution >= 0.6 is 0 Å². The Morgan fingerprint density at radius 3 is 2.88 bits per heavy atom. The van der Waals surface area contributed by atoms with Gasteiger partial charge in [0.05, 0.1) is 12.2 Å². The molecule has 2 N–H and O–H groups in total. The van der Waals surface area contributed by atoms with E-state index in [2.05, 4.69) is 15.6 Å². The van der Waals surface area contributed by atoms with E-state index in [1.54, 1.807) is 0 Å². The molecule has 1 rings (SSSR count). The predicted molar refractivity (Wildman–Crippen MR) is 63.9 cm³/mol. The van der Waals surface area contributed by atoms with Gasteiger partial charge in [-0.05, 0) is 26.1 Å². The third-order valence-corrected chi connectivity index (χ3v) is 2.35. The summed E-state index contributed by atoms with van der Waals surface area (Å²) in [5.74, 6) is 0.0347. The highest BCUT2D eigenvalue weighted by Gasteiger charge is 2.10. The monoisotopic (exact) mass is 221 g/mol. The van der Waals surface area contributed by atoms with Crippen LogP contribution in [0, 0.1) is 12.8 Å². The first-order valence-electron chi connectivity index (χ1n) is 5.48. The quantitative estimate of drug-likeness (QED) is 0.775. The van der Waals surface area contributed by atoms with Crippen LogP contribution in [-0.4, -0.2) is 24.5 Å². The molecule has 0 saturated carbocycles. The van der Waals surface area contributed by atoms with E-state index in [9.17, 15) is 4.79 Å². The van der Waals surface area contributed by atoms with Gasteiger partial charge in [0.2, 0.25) is 5.91 Å². The minimum absolute atomic E-state index is 0.0187. The highest BCUT2D eigenvalue weighted by molar-refractivity contribution is 5.78. The largest absolute Gasteiger partial charge is 0.350 e. The summed E-state index contributed by atoms with van der Waals surface area (Å²) in [5.41, 5.74) is 1.86. The molecular weight excluding hydrogens is 202 g/mol. The van der Waals surface area contributed by atoms with Crippen LogP contribution in [0.15, 0.2) is 18.2 Å². The van der Waals surface area contributed by atoms with E-state index in [-0.39, 0.29) is 11.8 Å². The second-order valence-corrected chi connectivity index (χ2v) is 3.95. The number of carbonyl (C=O) groups excluding carboxylic acids is 1. The minimum Gasteiger partial charge on any atom is -0.350 e. The summed E-state index contributed by atoms with van der Waals surface area (Å²) in [4.78, 5) is 15.9. The van der Waals surface area contributed by atoms with Crippen molar-refractivity contribution in [3.63, 3.8) is 0 Å². The smallest absolute Gasteiger partial charge is 0.224 e. The molecule has 0 aliphatic rings. The van der Waals surface area contributed by atoms with E-state index in [4.69, 9.17) is 0 Å². The molecule has 1 amide bonds. The minimum atomic E-state index is -0.0187. The van der Waals surface area contributed by atoms with E-state index in [0.29, 0.717) is 13.1 Å². The van der Waals surface area contributed by atoms with E-state index in [0.717, 1.165) is 11.4 Å². The number of hydrogen-bond donors (Lipinski definition) is 2. The molecule has 4 heteroatoms. The summed E-state index contributed by atoms with van der Waals surface area (Å²) in [5, 5.41) is 5.85. The van der Waals surface area contributed by atoms with Crippen LogP contribution in [0.1, 0.15) is 18.3 Å². The van der Waals surface area contributed by atoms with Crippen LogP contribution in [0.25, 0.3) is 0 Å². The predicted octanol–water partition coefficient (Wildman–Crippen LogP) is 0.862. The fraction of sp³-hybridized carbons (Fsp3) is 0.500. The lowest BCUT2D eigenvalue weighted by Gasteiger charge is -2.11. The summed E-state index contributed by atoms with van der Waals surface area (Å²) in [6.45, 7) is 5.02. The molecule has 1 heterocycles. The molecule has 88 valence electrons. The van der Waals surface area contributed by atoms with Gasteiger partial charge < -0.3 is 10.6 Å². The number of rotatable bonds is 5. The standard InChI is InChI=1S/C12H19N3O/c1-9(7-13-3)12(16)14-8-11-6-4-5-10(2)15-11/h4-6,9,13H,7-8H2,1-3H3,(H,14,16). The summed E-state index contributed by atoms with van der Waals surface area (Å²) in [6, 6.07) is 5.80. The average molecular weight is 221 g/mol. The van der Waals surface area contributed by atoms with Gasteiger partial charge in [0.25, 0.3) is 0 Å². The molecule has 1 atom stereocenters. The average Bonchev–Trinajstić information content (AvgIpc) is 2.26. The lowest BCUT2D eigenvalue weighted by atomic mass is 10.1. The fourth-order valence-electron chi connectivity index (χ4n) is 1.45. The number of aromatic nitrogens is 1. The summed E-state index contributed by atoms with van der Waals surface area (Å²) >= 11 is 0. The zero-order valence-electron chi connectivity index (χ0n) is 10.1. The fourth-order valence-corrected chi connectivity index (χ4v) is 1.45. The van der Waals surface area contributed by atoms with Gasteiger partial charge in [-0.2, -0.15) is 0 Å². The molecule has 1 unspecified atom stereocenters.